The monoisotopic (exact) mass is 312 g/mol. The summed E-state index contributed by atoms with van der Waals surface area (Å²) in [6.45, 7) is 3.59. The molecule has 3 nitrogen and oxygen atoms in total. The van der Waals surface area contributed by atoms with Gasteiger partial charge in [0, 0.05) is 0 Å². The molecule has 0 aliphatic carbocycles. The van der Waals surface area contributed by atoms with Gasteiger partial charge < -0.3 is 23.5 Å². The van der Waals surface area contributed by atoms with Crippen molar-refractivity contribution in [2.75, 3.05) is 0 Å². The molecule has 1 atom stereocenters. The minimum Gasteiger partial charge on any atom is -2.00 e. The first-order valence-electron chi connectivity index (χ1n) is 3.71. The van der Waals surface area contributed by atoms with Crippen LogP contribution in [0.4, 0.5) is 0 Å². The minimum atomic E-state index is -1.50. The van der Waals surface area contributed by atoms with Crippen LogP contribution in [-0.2, 0) is 24.5 Å². The second-order valence-corrected chi connectivity index (χ2v) is 2.44. The van der Waals surface area contributed by atoms with Crippen LogP contribution >= 0.6 is 8.69 Å². The summed E-state index contributed by atoms with van der Waals surface area (Å²) in [5, 5.41) is 9.19. The fourth-order valence-corrected chi connectivity index (χ4v) is 0.839. The van der Waals surface area contributed by atoms with Gasteiger partial charge in [0.25, 0.3) is 0 Å². The fourth-order valence-electron chi connectivity index (χ4n) is 0.839. The Labute approximate surface area is 164 Å². The Balaban J connectivity index is -0.000000109. The van der Waals surface area contributed by atoms with Crippen molar-refractivity contribution >= 4 is 97.7 Å². The van der Waals surface area contributed by atoms with Crippen molar-refractivity contribution in [1.29, 1.82) is 0 Å². The van der Waals surface area contributed by atoms with Gasteiger partial charge in [-0.25, -0.2) is 0 Å². The third-order valence-electron chi connectivity index (χ3n) is 1.36. The minimum absolute atomic E-state index is 0. The summed E-state index contributed by atoms with van der Waals surface area (Å²) in [4.78, 5) is 7.10. The molecular weight excluding hydrogens is 299 g/mol. The number of phenolic OH excluding ortho intramolecular Hbond substituents is 1. The van der Waals surface area contributed by atoms with Crippen LogP contribution in [0, 0.1) is 0 Å². The van der Waals surface area contributed by atoms with Crippen molar-refractivity contribution in [2.24, 2.45) is 0 Å². The molecule has 0 spiro atoms. The van der Waals surface area contributed by atoms with Crippen LogP contribution < -0.4 is 0 Å². The molecule has 16 heavy (non-hydrogen) atoms. The zero-order chi connectivity index (χ0) is 10.1. The zero-order valence-corrected chi connectivity index (χ0v) is 15.4. The average Bonchev–Trinajstić information content (AvgIpc) is 2.11. The molecule has 0 saturated carbocycles. The predicted octanol–water partition coefficient (Wildman–Crippen LogP) is 1.01. The van der Waals surface area contributed by atoms with Gasteiger partial charge in [0.15, 0.2) is 8.69 Å². The summed E-state index contributed by atoms with van der Waals surface area (Å²) in [6.07, 6.45) is 2.50. The molecule has 0 radical (unpaired) electrons. The maximum absolute atomic E-state index is 9.19. The SMILES string of the molecule is C=CCc1ccccc1O.O=[PH2]O.[Ca+2].[Ca+2].[S-2]. The van der Waals surface area contributed by atoms with Crippen molar-refractivity contribution in [2.45, 2.75) is 6.42 Å². The van der Waals surface area contributed by atoms with Crippen molar-refractivity contribution < 1.29 is 14.6 Å². The molecule has 7 heteroatoms. The van der Waals surface area contributed by atoms with E-state index in [0.717, 1.165) is 12.0 Å². The molecule has 1 unspecified atom stereocenters. The van der Waals surface area contributed by atoms with Crippen molar-refractivity contribution in [1.82, 2.24) is 0 Å². The molecule has 0 saturated heterocycles. The Kier molecular flexibility index (Phi) is 31.6. The second kappa shape index (κ2) is 19.2. The quantitative estimate of drug-likeness (QED) is 0.487. The Hall–Kier alpha value is 1.82. The Morgan fingerprint density at radius 2 is 1.75 bits per heavy atom. The van der Waals surface area contributed by atoms with Gasteiger partial charge >= 0.3 is 75.5 Å². The van der Waals surface area contributed by atoms with E-state index in [1.165, 1.54) is 0 Å². The number of benzene rings is 1. The Morgan fingerprint density at radius 1 is 1.31 bits per heavy atom. The summed E-state index contributed by atoms with van der Waals surface area (Å²) < 4.78 is 8.57. The smallest absolute Gasteiger partial charge is 2.00 e. The average molecular weight is 312 g/mol. The summed E-state index contributed by atoms with van der Waals surface area (Å²) >= 11 is 0. The van der Waals surface area contributed by atoms with Gasteiger partial charge in [0.2, 0.25) is 0 Å². The van der Waals surface area contributed by atoms with Gasteiger partial charge in [-0.3, -0.25) is 4.57 Å². The standard InChI is InChI=1S/C9H10O.2Ca.H3O2P.S/c1-2-5-8-6-3-4-7-9(8)10;;;1-3-2;/h2-4,6-7,10H,1,5H2;;;3H2,(H,1,2);/q;2*+2;;-2. The number of hydrogen-bond donors (Lipinski definition) is 2. The Morgan fingerprint density at radius 3 is 2.12 bits per heavy atom. The van der Waals surface area contributed by atoms with Crippen molar-refractivity contribution in [3.8, 4) is 5.75 Å². The number of para-hydroxylation sites is 1. The van der Waals surface area contributed by atoms with Crippen LogP contribution in [0.5, 0.6) is 5.75 Å². The van der Waals surface area contributed by atoms with E-state index in [9.17, 15) is 5.11 Å². The molecular formula is C9H13Ca2O3PS+2. The van der Waals surface area contributed by atoms with E-state index in [1.54, 1.807) is 12.1 Å². The molecule has 2 N–H and O–H groups in total. The number of rotatable bonds is 2. The van der Waals surface area contributed by atoms with Gasteiger partial charge in [-0.2, -0.15) is 0 Å². The first kappa shape index (κ1) is 26.4. The van der Waals surface area contributed by atoms with E-state index in [-0.39, 0.29) is 89.0 Å². The van der Waals surface area contributed by atoms with Crippen LogP contribution in [-0.4, -0.2) is 85.5 Å². The molecule has 0 amide bonds. The third kappa shape index (κ3) is 13.9. The first-order chi connectivity index (χ1) is 6.26. The molecule has 1 aromatic rings. The number of aromatic hydroxyl groups is 1. The topological polar surface area (TPSA) is 57.5 Å². The molecule has 0 bridgehead atoms. The van der Waals surface area contributed by atoms with Gasteiger partial charge in [0.05, 0.1) is 0 Å². The van der Waals surface area contributed by atoms with E-state index in [2.05, 4.69) is 6.58 Å². The van der Waals surface area contributed by atoms with Crippen molar-refractivity contribution in [3.63, 3.8) is 0 Å². The number of allylic oxidation sites excluding steroid dienone is 1. The second-order valence-electron chi connectivity index (χ2n) is 2.23. The maximum atomic E-state index is 9.19. The molecule has 1 aromatic carbocycles. The summed E-state index contributed by atoms with van der Waals surface area (Å²) in [5.41, 5.74) is 0.928. The van der Waals surface area contributed by atoms with Gasteiger partial charge in [0.1, 0.15) is 5.75 Å². The van der Waals surface area contributed by atoms with E-state index in [4.69, 9.17) is 9.46 Å². The van der Waals surface area contributed by atoms with Gasteiger partial charge in [-0.05, 0) is 18.1 Å². The fraction of sp³-hybridized carbons (Fsp3) is 0.111. The molecule has 80 valence electrons. The van der Waals surface area contributed by atoms with Crippen LogP contribution in [0.2, 0.25) is 0 Å². The molecule has 0 heterocycles. The zero-order valence-electron chi connectivity index (χ0n) is 9.00. The molecule has 1 rings (SSSR count). The maximum Gasteiger partial charge on any atom is 2.00 e. The largest absolute Gasteiger partial charge is 2.00 e. The number of phenols is 1. The van der Waals surface area contributed by atoms with Gasteiger partial charge in [-0.1, -0.05) is 24.3 Å². The van der Waals surface area contributed by atoms with E-state index in [0.29, 0.717) is 5.75 Å². The van der Waals surface area contributed by atoms with Crippen molar-refractivity contribution in [3.05, 3.63) is 42.5 Å². The van der Waals surface area contributed by atoms with E-state index >= 15 is 0 Å². The summed E-state index contributed by atoms with van der Waals surface area (Å²) in [6, 6.07) is 7.27. The molecule has 0 aliphatic heterocycles. The Bertz CT molecular complexity index is 287. The molecule has 0 fully saturated rings. The van der Waals surface area contributed by atoms with E-state index in [1.807, 2.05) is 18.2 Å². The third-order valence-corrected chi connectivity index (χ3v) is 1.36. The first-order valence-corrected chi connectivity index (χ1v) is 4.70. The predicted molar refractivity (Wildman–Crippen MR) is 73.5 cm³/mol. The molecule has 0 aliphatic rings. The van der Waals surface area contributed by atoms with E-state index < -0.39 is 8.69 Å². The van der Waals surface area contributed by atoms with Gasteiger partial charge in [-0.15, -0.1) is 6.58 Å². The van der Waals surface area contributed by atoms with Crippen LogP contribution in [0.15, 0.2) is 36.9 Å². The number of hydrogen-bond acceptors (Lipinski definition) is 2. The molecule has 0 aromatic heterocycles. The summed E-state index contributed by atoms with van der Waals surface area (Å²) in [5.74, 6) is 0.349. The van der Waals surface area contributed by atoms with Crippen LogP contribution in [0.1, 0.15) is 5.56 Å². The van der Waals surface area contributed by atoms with Crippen LogP contribution in [0.25, 0.3) is 0 Å². The normalized spacial score (nSPS) is 7.56. The summed E-state index contributed by atoms with van der Waals surface area (Å²) in [7, 11) is -1.50. The van der Waals surface area contributed by atoms with Crippen LogP contribution in [0.3, 0.4) is 0 Å².